The molecule has 4 aromatic carbocycles. The van der Waals surface area contributed by atoms with Gasteiger partial charge in [-0.05, 0) is 44.2 Å². The number of benzene rings is 4. The maximum Gasteiger partial charge on any atom is 0.373 e. The fraction of sp³-hybridized carbons (Fsp3) is 0.176. The molecule has 2 aliphatic heterocycles. The summed E-state index contributed by atoms with van der Waals surface area (Å²) in [5, 5.41) is 20.9. The van der Waals surface area contributed by atoms with Crippen LogP contribution in [-0.2, 0) is 4.79 Å². The second kappa shape index (κ2) is 11.2. The van der Waals surface area contributed by atoms with Crippen molar-refractivity contribution in [1.29, 1.82) is 0 Å². The third-order valence-corrected chi connectivity index (χ3v) is 8.14. The van der Waals surface area contributed by atoms with Crippen molar-refractivity contribution < 1.29 is 34.2 Å². The third kappa shape index (κ3) is 4.73. The quantitative estimate of drug-likeness (QED) is 0.0757. The summed E-state index contributed by atoms with van der Waals surface area (Å²) in [6.07, 6.45) is 0.423. The molecule has 9 heteroatoms. The van der Waals surface area contributed by atoms with Gasteiger partial charge in [0.1, 0.15) is 6.04 Å². The monoisotopic (exact) mass is 576 g/mol. The second-order valence-electron chi connectivity index (χ2n) is 10.7. The van der Waals surface area contributed by atoms with Gasteiger partial charge in [0.15, 0.2) is 11.8 Å². The SMILES string of the molecule is CC(C(=O)N1c2ccccc2C([N+](=C(O)c2cccc(OO)c2)c2ccccc2)CC1C)N1C(=O)c2ccccc2C1=O. The van der Waals surface area contributed by atoms with E-state index in [1.807, 2.05) is 61.5 Å². The smallest absolute Gasteiger partial charge is 0.373 e. The van der Waals surface area contributed by atoms with Crippen LogP contribution in [0.4, 0.5) is 11.4 Å². The van der Waals surface area contributed by atoms with Gasteiger partial charge in [0.25, 0.3) is 11.8 Å². The highest BCUT2D eigenvalue weighted by atomic mass is 17.1. The number of aliphatic hydroxyl groups excluding tert-OH is 1. The number of carbonyl (C=O) groups is 3. The first-order valence-corrected chi connectivity index (χ1v) is 14.0. The van der Waals surface area contributed by atoms with Crippen LogP contribution < -0.4 is 9.79 Å². The van der Waals surface area contributed by atoms with Crippen molar-refractivity contribution in [1.82, 2.24) is 4.90 Å². The Morgan fingerprint density at radius 1 is 0.884 bits per heavy atom. The van der Waals surface area contributed by atoms with Gasteiger partial charge in [-0.15, -0.1) is 0 Å². The van der Waals surface area contributed by atoms with Crippen molar-refractivity contribution >= 4 is 35.0 Å². The lowest BCUT2D eigenvalue weighted by atomic mass is 9.90. The van der Waals surface area contributed by atoms with Gasteiger partial charge in [-0.25, -0.2) is 5.26 Å². The summed E-state index contributed by atoms with van der Waals surface area (Å²) in [6.45, 7) is 3.49. The van der Waals surface area contributed by atoms with Crippen LogP contribution >= 0.6 is 0 Å². The van der Waals surface area contributed by atoms with Crippen molar-refractivity contribution in [2.75, 3.05) is 4.90 Å². The highest BCUT2D eigenvalue weighted by molar-refractivity contribution is 6.23. The lowest BCUT2D eigenvalue weighted by Gasteiger charge is -2.39. The molecule has 3 atom stereocenters. The first kappa shape index (κ1) is 27.9. The van der Waals surface area contributed by atoms with Gasteiger partial charge in [0.2, 0.25) is 11.6 Å². The lowest BCUT2D eigenvalue weighted by molar-refractivity contribution is -0.501. The predicted octanol–water partition coefficient (Wildman–Crippen LogP) is 5.74. The molecule has 0 spiro atoms. The minimum absolute atomic E-state index is 0.0590. The third-order valence-electron chi connectivity index (χ3n) is 8.14. The first-order chi connectivity index (χ1) is 20.8. The van der Waals surface area contributed by atoms with E-state index in [0.717, 1.165) is 16.2 Å². The van der Waals surface area contributed by atoms with Gasteiger partial charge in [0, 0.05) is 36.2 Å². The Morgan fingerprint density at radius 2 is 1.51 bits per heavy atom. The number of fused-ring (bicyclic) bond motifs is 2. The Hall–Kier alpha value is -5.28. The summed E-state index contributed by atoms with van der Waals surface area (Å²) in [5.74, 6) is -1.23. The highest BCUT2D eigenvalue weighted by Crippen LogP contribution is 2.42. The molecule has 43 heavy (non-hydrogen) atoms. The van der Waals surface area contributed by atoms with Gasteiger partial charge in [0.05, 0.1) is 22.4 Å². The molecular weight excluding hydrogens is 546 g/mol. The van der Waals surface area contributed by atoms with Crippen LogP contribution in [0.5, 0.6) is 5.75 Å². The topological polar surface area (TPSA) is 110 Å². The van der Waals surface area contributed by atoms with Crippen LogP contribution in [0.3, 0.4) is 0 Å². The molecule has 3 amide bonds. The lowest BCUT2D eigenvalue weighted by Crippen LogP contribution is -2.54. The number of hydrogen-bond acceptors (Lipinski definition) is 5. The van der Waals surface area contributed by atoms with Crippen LogP contribution in [0.15, 0.2) is 103 Å². The van der Waals surface area contributed by atoms with Crippen LogP contribution in [0.1, 0.15) is 58.2 Å². The maximum atomic E-state index is 14.1. The van der Waals surface area contributed by atoms with Crippen molar-refractivity contribution in [2.24, 2.45) is 0 Å². The summed E-state index contributed by atoms with van der Waals surface area (Å²) in [4.78, 5) is 47.6. The minimum Gasteiger partial charge on any atom is -0.459 e. The second-order valence-corrected chi connectivity index (χ2v) is 10.7. The zero-order valence-electron chi connectivity index (χ0n) is 23.6. The van der Waals surface area contributed by atoms with E-state index in [-0.39, 0.29) is 23.6 Å². The maximum absolute atomic E-state index is 14.1. The van der Waals surface area contributed by atoms with E-state index in [1.54, 1.807) is 58.9 Å². The van der Waals surface area contributed by atoms with Gasteiger partial charge in [-0.3, -0.25) is 19.3 Å². The molecule has 2 heterocycles. The van der Waals surface area contributed by atoms with Crippen LogP contribution in [-0.4, -0.2) is 55.5 Å². The molecule has 0 fully saturated rings. The molecule has 0 radical (unpaired) electrons. The average Bonchev–Trinajstić information content (AvgIpc) is 3.30. The van der Waals surface area contributed by atoms with Crippen LogP contribution in [0.25, 0.3) is 0 Å². The summed E-state index contributed by atoms with van der Waals surface area (Å²) >= 11 is 0. The van der Waals surface area contributed by atoms with Gasteiger partial charge >= 0.3 is 5.90 Å². The van der Waals surface area contributed by atoms with Gasteiger partial charge < -0.3 is 14.9 Å². The Kier molecular flexibility index (Phi) is 7.25. The molecule has 2 aliphatic rings. The number of imide groups is 1. The van der Waals surface area contributed by atoms with Crippen molar-refractivity contribution in [3.8, 4) is 5.75 Å². The van der Waals surface area contributed by atoms with E-state index < -0.39 is 23.9 Å². The predicted molar refractivity (Wildman–Crippen MR) is 160 cm³/mol. The van der Waals surface area contributed by atoms with Gasteiger partial charge in [-0.2, -0.15) is 4.58 Å². The molecular formula is C34H30N3O6+. The average molecular weight is 577 g/mol. The number of rotatable bonds is 6. The zero-order chi connectivity index (χ0) is 30.2. The molecule has 0 bridgehead atoms. The number of para-hydroxylation sites is 2. The Morgan fingerprint density at radius 3 is 2.19 bits per heavy atom. The molecule has 0 aliphatic carbocycles. The molecule has 2 N–H and O–H groups in total. The fourth-order valence-corrected chi connectivity index (χ4v) is 6.10. The number of hydrogen-bond donors (Lipinski definition) is 2. The molecule has 9 nitrogen and oxygen atoms in total. The Labute approximate surface area is 248 Å². The Balaban J connectivity index is 1.42. The minimum atomic E-state index is -1.04. The number of aliphatic hydroxyl groups is 1. The number of anilines is 1. The molecule has 0 saturated carbocycles. The normalized spacial score (nSPS) is 19.0. The largest absolute Gasteiger partial charge is 0.459 e. The zero-order valence-corrected chi connectivity index (χ0v) is 23.6. The number of amides is 3. The first-order valence-electron chi connectivity index (χ1n) is 14.0. The number of nitrogens with zero attached hydrogens (tertiary/aromatic N) is 3. The summed E-state index contributed by atoms with van der Waals surface area (Å²) < 4.78 is 1.81. The summed E-state index contributed by atoms with van der Waals surface area (Å²) in [7, 11) is 0. The van der Waals surface area contributed by atoms with Crippen molar-refractivity contribution in [3.63, 3.8) is 0 Å². The molecule has 3 unspecified atom stereocenters. The van der Waals surface area contributed by atoms with Crippen LogP contribution in [0.2, 0.25) is 0 Å². The Bertz CT molecular complexity index is 1730. The van der Waals surface area contributed by atoms with E-state index in [1.165, 1.54) is 6.07 Å². The van der Waals surface area contributed by atoms with E-state index in [2.05, 4.69) is 4.89 Å². The van der Waals surface area contributed by atoms with Crippen molar-refractivity contribution in [3.05, 3.63) is 125 Å². The van der Waals surface area contributed by atoms with E-state index in [9.17, 15) is 24.7 Å². The van der Waals surface area contributed by atoms with Crippen LogP contribution in [0, 0.1) is 0 Å². The molecule has 0 aromatic heterocycles. The highest BCUT2D eigenvalue weighted by Gasteiger charge is 2.46. The van der Waals surface area contributed by atoms with E-state index >= 15 is 0 Å². The van der Waals surface area contributed by atoms with Gasteiger partial charge in [-0.1, -0.05) is 54.6 Å². The molecule has 6 rings (SSSR count). The molecule has 0 saturated heterocycles. The summed E-state index contributed by atoms with van der Waals surface area (Å²) in [5.41, 5.74) is 3.15. The standard InChI is InChI=1S/C34H29N3O6/c1-21-19-30(37(24-12-4-3-5-13-24)32(39)23-11-10-14-25(20-23)43-42)28-17-8-9-18-29(28)35(21)31(38)22(2)36-33(40)26-15-6-7-16-27(26)34(36)41/h3-18,20-22,30,42H,19H2,1-2H3/p+1. The van der Waals surface area contributed by atoms with E-state index in [4.69, 9.17) is 0 Å². The molecule has 216 valence electrons. The molecule has 4 aromatic rings. The van der Waals surface area contributed by atoms with E-state index in [0.29, 0.717) is 28.8 Å². The number of carbonyl (C=O) groups excluding carboxylic acids is 3. The van der Waals surface area contributed by atoms with Crippen molar-refractivity contribution in [2.45, 2.75) is 38.4 Å². The summed E-state index contributed by atoms with van der Waals surface area (Å²) in [6, 6.07) is 28.1. The fourth-order valence-electron chi connectivity index (χ4n) is 6.10.